The van der Waals surface area contributed by atoms with Gasteiger partial charge in [-0.05, 0) is 48.0 Å². The van der Waals surface area contributed by atoms with Crippen LogP contribution in [0.1, 0.15) is 21.5 Å². The Labute approximate surface area is 205 Å². The first-order chi connectivity index (χ1) is 16.8. The fourth-order valence-electron chi connectivity index (χ4n) is 3.24. The highest BCUT2D eigenvalue weighted by molar-refractivity contribution is 6.31. The second kappa shape index (κ2) is 11.4. The molecule has 3 rings (SSSR count). The predicted molar refractivity (Wildman–Crippen MR) is 129 cm³/mol. The van der Waals surface area contributed by atoms with E-state index >= 15 is 0 Å². The molecule has 9 nitrogen and oxygen atoms in total. The number of carboxylic acid groups (broad SMARTS) is 1. The highest BCUT2D eigenvalue weighted by Crippen LogP contribution is 2.23. The summed E-state index contributed by atoms with van der Waals surface area (Å²) in [7, 11) is 0. The summed E-state index contributed by atoms with van der Waals surface area (Å²) in [6, 6.07) is 19.3. The quantitative estimate of drug-likeness (QED) is 0.237. The average Bonchev–Trinajstić information content (AvgIpc) is 2.86. The topological polar surface area (TPSA) is 140 Å². The SMILES string of the molecule is N#Cc1ccc(Cl)cc1NN(C(=O)C=O)C(Cc1ccccc1)C(=O)Nc1ccc(C(=O)O)cc1. The van der Waals surface area contributed by atoms with Crippen molar-refractivity contribution >= 4 is 47.0 Å². The maximum absolute atomic E-state index is 13.3. The molecule has 0 saturated heterocycles. The molecule has 3 N–H and O–H groups in total. The molecule has 10 heteroatoms. The lowest BCUT2D eigenvalue weighted by atomic mass is 10.0. The molecule has 0 aliphatic carbocycles. The van der Waals surface area contributed by atoms with Crippen molar-refractivity contribution in [3.05, 3.63) is 94.5 Å². The molecule has 0 spiro atoms. The number of nitrogens with zero attached hydrogens (tertiary/aromatic N) is 2. The summed E-state index contributed by atoms with van der Waals surface area (Å²) in [5.41, 5.74) is 4.00. The third-order valence-electron chi connectivity index (χ3n) is 4.97. The lowest BCUT2D eigenvalue weighted by molar-refractivity contribution is -0.141. The second-order valence-corrected chi connectivity index (χ2v) is 7.75. The number of anilines is 2. The van der Waals surface area contributed by atoms with Crippen molar-refractivity contribution in [2.45, 2.75) is 12.5 Å². The Morgan fingerprint density at radius 2 is 1.74 bits per heavy atom. The van der Waals surface area contributed by atoms with E-state index in [2.05, 4.69) is 10.7 Å². The Hall–Kier alpha value is -4.68. The number of rotatable bonds is 9. The summed E-state index contributed by atoms with van der Waals surface area (Å²) in [5, 5.41) is 22.3. The molecule has 0 heterocycles. The molecule has 0 aromatic heterocycles. The van der Waals surface area contributed by atoms with Crippen molar-refractivity contribution in [2.75, 3.05) is 10.7 Å². The van der Waals surface area contributed by atoms with Crippen LogP contribution in [0, 0.1) is 11.3 Å². The molecule has 0 fully saturated rings. The van der Waals surface area contributed by atoms with Crippen molar-refractivity contribution in [3.8, 4) is 6.07 Å². The number of benzene rings is 3. The number of hydrogen-bond donors (Lipinski definition) is 3. The lowest BCUT2D eigenvalue weighted by Crippen LogP contribution is -2.52. The molecule has 2 amide bonds. The first kappa shape index (κ1) is 25.0. The molecule has 35 heavy (non-hydrogen) atoms. The third-order valence-corrected chi connectivity index (χ3v) is 5.20. The number of amides is 2. The van der Waals surface area contributed by atoms with Gasteiger partial charge in [0.1, 0.15) is 12.1 Å². The maximum atomic E-state index is 13.3. The van der Waals surface area contributed by atoms with Gasteiger partial charge in [0.25, 0.3) is 0 Å². The van der Waals surface area contributed by atoms with E-state index < -0.39 is 23.8 Å². The van der Waals surface area contributed by atoms with Gasteiger partial charge in [-0.2, -0.15) is 5.26 Å². The third kappa shape index (κ3) is 6.43. The number of aromatic carboxylic acids is 1. The monoisotopic (exact) mass is 490 g/mol. The Bertz CT molecular complexity index is 1290. The molecule has 1 unspecified atom stereocenters. The van der Waals surface area contributed by atoms with E-state index in [-0.39, 0.29) is 40.2 Å². The molecule has 0 aliphatic heterocycles. The largest absolute Gasteiger partial charge is 0.478 e. The van der Waals surface area contributed by atoms with E-state index in [1.54, 1.807) is 30.3 Å². The van der Waals surface area contributed by atoms with Crippen LogP contribution in [0.2, 0.25) is 5.02 Å². The van der Waals surface area contributed by atoms with Crippen molar-refractivity contribution in [1.29, 1.82) is 5.26 Å². The summed E-state index contributed by atoms with van der Waals surface area (Å²) in [4.78, 5) is 48.6. The molecule has 3 aromatic carbocycles. The summed E-state index contributed by atoms with van der Waals surface area (Å²) in [5.74, 6) is -2.82. The van der Waals surface area contributed by atoms with Crippen LogP contribution in [0.5, 0.6) is 0 Å². The van der Waals surface area contributed by atoms with Gasteiger partial charge in [-0.1, -0.05) is 41.9 Å². The van der Waals surface area contributed by atoms with Crippen molar-refractivity contribution in [1.82, 2.24) is 5.01 Å². The van der Waals surface area contributed by atoms with Crippen LogP contribution >= 0.6 is 11.6 Å². The number of hydrazine groups is 1. The molecule has 0 radical (unpaired) electrons. The minimum absolute atomic E-state index is 0.0227. The van der Waals surface area contributed by atoms with Gasteiger partial charge in [0.15, 0.2) is 0 Å². The number of hydrogen-bond acceptors (Lipinski definition) is 6. The van der Waals surface area contributed by atoms with Gasteiger partial charge in [-0.15, -0.1) is 0 Å². The minimum atomic E-state index is -1.24. The zero-order valence-corrected chi connectivity index (χ0v) is 18.9. The standard InChI is InChI=1S/C25H19ClN4O5/c26-19-9-6-18(14-27)21(13-19)29-30(23(32)15-31)22(12-16-4-2-1-3-5-16)24(33)28-20-10-7-17(8-11-20)25(34)35/h1-11,13,15,22,29H,12H2,(H,28,33)(H,34,35). The summed E-state index contributed by atoms with van der Waals surface area (Å²) in [6.45, 7) is 0. The number of halogens is 1. The molecule has 1 atom stereocenters. The fourth-order valence-corrected chi connectivity index (χ4v) is 3.41. The Morgan fingerprint density at radius 1 is 1.06 bits per heavy atom. The Balaban J connectivity index is 1.98. The normalized spacial score (nSPS) is 11.0. The molecule has 176 valence electrons. The number of nitriles is 1. The Kier molecular flexibility index (Phi) is 8.16. The maximum Gasteiger partial charge on any atom is 0.335 e. The van der Waals surface area contributed by atoms with Gasteiger partial charge < -0.3 is 10.4 Å². The molecule has 0 bridgehead atoms. The van der Waals surface area contributed by atoms with E-state index in [0.29, 0.717) is 5.56 Å². The molecule has 3 aromatic rings. The van der Waals surface area contributed by atoms with E-state index in [4.69, 9.17) is 16.7 Å². The van der Waals surface area contributed by atoms with Crippen LogP contribution < -0.4 is 10.7 Å². The van der Waals surface area contributed by atoms with Crippen LogP contribution in [0.4, 0.5) is 11.4 Å². The van der Waals surface area contributed by atoms with Crippen molar-refractivity contribution in [3.63, 3.8) is 0 Å². The zero-order chi connectivity index (χ0) is 25.4. The summed E-state index contributed by atoms with van der Waals surface area (Å²) >= 11 is 6.04. The van der Waals surface area contributed by atoms with Crippen LogP contribution in [0.3, 0.4) is 0 Å². The number of carbonyl (C=O) groups is 4. The zero-order valence-electron chi connectivity index (χ0n) is 18.1. The van der Waals surface area contributed by atoms with Crippen LogP contribution in [0.25, 0.3) is 0 Å². The molecule has 0 saturated carbocycles. The van der Waals surface area contributed by atoms with Crippen LogP contribution in [-0.4, -0.2) is 40.2 Å². The highest BCUT2D eigenvalue weighted by Gasteiger charge is 2.31. The van der Waals surface area contributed by atoms with Crippen LogP contribution in [-0.2, 0) is 20.8 Å². The summed E-state index contributed by atoms with van der Waals surface area (Å²) < 4.78 is 0. The smallest absolute Gasteiger partial charge is 0.335 e. The highest BCUT2D eigenvalue weighted by atomic mass is 35.5. The number of carbonyl (C=O) groups excluding carboxylic acids is 3. The molecular weight excluding hydrogens is 472 g/mol. The minimum Gasteiger partial charge on any atom is -0.478 e. The van der Waals surface area contributed by atoms with Gasteiger partial charge >= 0.3 is 11.9 Å². The second-order valence-electron chi connectivity index (χ2n) is 7.32. The van der Waals surface area contributed by atoms with Gasteiger partial charge in [-0.3, -0.25) is 19.8 Å². The fraction of sp³-hybridized carbons (Fsp3) is 0.0800. The predicted octanol–water partition coefficient (Wildman–Crippen LogP) is 3.51. The van der Waals surface area contributed by atoms with Gasteiger partial charge in [0.05, 0.1) is 16.8 Å². The van der Waals surface area contributed by atoms with E-state index in [0.717, 1.165) is 5.01 Å². The molecule has 0 aliphatic rings. The van der Waals surface area contributed by atoms with E-state index in [9.17, 15) is 24.4 Å². The summed E-state index contributed by atoms with van der Waals surface area (Å²) in [6.07, 6.45) is 0.0748. The lowest BCUT2D eigenvalue weighted by Gasteiger charge is -2.31. The van der Waals surface area contributed by atoms with Crippen LogP contribution in [0.15, 0.2) is 72.8 Å². The number of nitrogens with one attached hydrogen (secondary N) is 2. The number of carboxylic acids is 1. The van der Waals surface area contributed by atoms with Gasteiger partial charge in [0.2, 0.25) is 12.2 Å². The van der Waals surface area contributed by atoms with Crippen molar-refractivity contribution in [2.24, 2.45) is 0 Å². The van der Waals surface area contributed by atoms with E-state index in [1.807, 2.05) is 6.07 Å². The average molecular weight is 491 g/mol. The van der Waals surface area contributed by atoms with Crippen molar-refractivity contribution < 1.29 is 24.3 Å². The number of aldehydes is 1. The van der Waals surface area contributed by atoms with Gasteiger partial charge in [-0.25, -0.2) is 9.80 Å². The van der Waals surface area contributed by atoms with E-state index in [1.165, 1.54) is 42.5 Å². The Morgan fingerprint density at radius 3 is 2.34 bits per heavy atom. The first-order valence-electron chi connectivity index (χ1n) is 10.2. The van der Waals surface area contributed by atoms with Gasteiger partial charge in [0, 0.05) is 17.1 Å². The molecular formula is C25H19ClN4O5. The first-order valence-corrected chi connectivity index (χ1v) is 10.6.